The molecule has 0 aliphatic carbocycles. The third-order valence-electron chi connectivity index (χ3n) is 3.36. The Labute approximate surface area is 125 Å². The first-order valence-electron chi connectivity index (χ1n) is 6.45. The molecule has 1 aromatic carbocycles. The summed E-state index contributed by atoms with van der Waals surface area (Å²) in [6.07, 6.45) is 3.52. The first kappa shape index (κ1) is 13.3. The van der Waals surface area contributed by atoms with Crippen LogP contribution in [-0.2, 0) is 0 Å². The summed E-state index contributed by atoms with van der Waals surface area (Å²) >= 11 is 3.33. The fraction of sp³-hybridized carbons (Fsp3) is 0.286. The van der Waals surface area contributed by atoms with E-state index < -0.39 is 0 Å². The van der Waals surface area contributed by atoms with Gasteiger partial charge in [0.1, 0.15) is 5.82 Å². The van der Waals surface area contributed by atoms with Crippen LogP contribution in [-0.4, -0.2) is 36.1 Å². The first-order valence-corrected chi connectivity index (χ1v) is 7.25. The van der Waals surface area contributed by atoms with E-state index >= 15 is 0 Å². The molecule has 0 N–H and O–H groups in total. The molecule has 0 atom stereocenters. The van der Waals surface area contributed by atoms with Crippen LogP contribution in [0.3, 0.4) is 0 Å². The van der Waals surface area contributed by atoms with Gasteiger partial charge in [0.2, 0.25) is 5.95 Å². The second kappa shape index (κ2) is 5.75. The van der Waals surface area contributed by atoms with Crippen molar-refractivity contribution in [3.8, 4) is 0 Å². The molecule has 6 heteroatoms. The van der Waals surface area contributed by atoms with Crippen LogP contribution in [0.5, 0.6) is 0 Å². The highest BCUT2D eigenvalue weighted by Gasteiger charge is 2.19. The number of nitrogens with zero attached hydrogens (tertiary/aromatic N) is 4. The molecule has 0 spiro atoms. The predicted octanol–water partition coefficient (Wildman–Crippen LogP) is 2.70. The van der Waals surface area contributed by atoms with Gasteiger partial charge in [0.05, 0.1) is 4.47 Å². The molecule has 0 saturated carbocycles. The molecule has 1 fully saturated rings. The number of piperazine rings is 1. The Kier molecular flexibility index (Phi) is 3.82. The number of benzene rings is 1. The third kappa shape index (κ3) is 2.90. The molecule has 3 rings (SSSR count). The van der Waals surface area contributed by atoms with Crippen LogP contribution in [0.25, 0.3) is 0 Å². The Hall–Kier alpha value is -1.69. The fourth-order valence-electron chi connectivity index (χ4n) is 2.29. The van der Waals surface area contributed by atoms with Gasteiger partial charge < -0.3 is 9.80 Å². The minimum absolute atomic E-state index is 0.198. The summed E-state index contributed by atoms with van der Waals surface area (Å²) in [5, 5.41) is 0. The Morgan fingerprint density at radius 2 is 1.45 bits per heavy atom. The van der Waals surface area contributed by atoms with Gasteiger partial charge >= 0.3 is 0 Å². The zero-order valence-electron chi connectivity index (χ0n) is 10.8. The maximum Gasteiger partial charge on any atom is 0.225 e. The zero-order valence-corrected chi connectivity index (χ0v) is 12.4. The van der Waals surface area contributed by atoms with Crippen molar-refractivity contribution in [3.63, 3.8) is 0 Å². The lowest BCUT2D eigenvalue weighted by atomic mass is 10.2. The van der Waals surface area contributed by atoms with Crippen molar-refractivity contribution in [1.82, 2.24) is 9.97 Å². The van der Waals surface area contributed by atoms with E-state index in [-0.39, 0.29) is 5.82 Å². The molecule has 0 unspecified atom stereocenters. The van der Waals surface area contributed by atoms with Gasteiger partial charge in [-0.15, -0.1) is 0 Å². The van der Waals surface area contributed by atoms with E-state index in [1.54, 1.807) is 12.4 Å². The Bertz CT molecular complexity index is 511. The van der Waals surface area contributed by atoms with Crippen LogP contribution in [0.1, 0.15) is 0 Å². The molecular formula is C14H14BrFN4. The van der Waals surface area contributed by atoms with Crippen molar-refractivity contribution in [2.24, 2.45) is 0 Å². The van der Waals surface area contributed by atoms with Crippen molar-refractivity contribution < 1.29 is 4.39 Å². The van der Waals surface area contributed by atoms with Crippen LogP contribution in [0.4, 0.5) is 16.0 Å². The highest BCUT2D eigenvalue weighted by Crippen LogP contribution is 2.19. The maximum atomic E-state index is 12.9. The molecule has 0 radical (unpaired) electrons. The highest BCUT2D eigenvalue weighted by molar-refractivity contribution is 9.10. The average molecular weight is 337 g/mol. The van der Waals surface area contributed by atoms with Gasteiger partial charge in [0.15, 0.2) is 0 Å². The molecule has 20 heavy (non-hydrogen) atoms. The van der Waals surface area contributed by atoms with Crippen LogP contribution in [0.2, 0.25) is 0 Å². The summed E-state index contributed by atoms with van der Waals surface area (Å²) in [5.41, 5.74) is 1.06. The Morgan fingerprint density at radius 1 is 0.900 bits per heavy atom. The number of hydrogen-bond donors (Lipinski definition) is 0. The van der Waals surface area contributed by atoms with Crippen LogP contribution in [0.15, 0.2) is 41.1 Å². The Balaban J connectivity index is 1.64. The largest absolute Gasteiger partial charge is 0.368 e. The molecule has 1 aliphatic heterocycles. The van der Waals surface area contributed by atoms with E-state index in [2.05, 4.69) is 35.7 Å². The lowest BCUT2D eigenvalue weighted by Gasteiger charge is -2.36. The smallest absolute Gasteiger partial charge is 0.225 e. The normalized spacial score (nSPS) is 15.5. The summed E-state index contributed by atoms with van der Waals surface area (Å²) in [4.78, 5) is 13.0. The van der Waals surface area contributed by atoms with Gasteiger partial charge in [-0.1, -0.05) is 0 Å². The maximum absolute atomic E-state index is 12.9. The van der Waals surface area contributed by atoms with E-state index in [1.807, 2.05) is 12.1 Å². The van der Waals surface area contributed by atoms with Crippen LogP contribution >= 0.6 is 15.9 Å². The van der Waals surface area contributed by atoms with E-state index in [0.717, 1.165) is 42.3 Å². The first-order chi connectivity index (χ1) is 9.72. The lowest BCUT2D eigenvalue weighted by molar-refractivity contribution is 0.623. The third-order valence-corrected chi connectivity index (χ3v) is 3.77. The molecule has 104 valence electrons. The molecule has 4 nitrogen and oxygen atoms in total. The molecule has 1 aromatic heterocycles. The molecule has 2 heterocycles. The standard InChI is InChI=1S/C14H14BrFN4/c15-11-9-17-14(18-10-11)20-7-5-19(6-8-20)13-3-1-12(16)2-4-13/h1-4,9-10H,5-8H2. The minimum Gasteiger partial charge on any atom is -0.368 e. The van der Waals surface area contributed by atoms with Gasteiger partial charge in [-0.2, -0.15) is 0 Å². The quantitative estimate of drug-likeness (QED) is 0.844. The molecule has 0 amide bonds. The molecule has 1 aliphatic rings. The zero-order chi connectivity index (χ0) is 13.9. The number of anilines is 2. The molecule has 2 aromatic rings. The topological polar surface area (TPSA) is 32.3 Å². The van der Waals surface area contributed by atoms with E-state index in [4.69, 9.17) is 0 Å². The van der Waals surface area contributed by atoms with Gasteiger partial charge in [-0.05, 0) is 40.2 Å². The lowest BCUT2D eigenvalue weighted by Crippen LogP contribution is -2.47. The fourth-order valence-corrected chi connectivity index (χ4v) is 2.49. The predicted molar refractivity (Wildman–Crippen MR) is 80.6 cm³/mol. The summed E-state index contributed by atoms with van der Waals surface area (Å²) < 4.78 is 13.8. The SMILES string of the molecule is Fc1ccc(N2CCN(c3ncc(Br)cn3)CC2)cc1. The van der Waals surface area contributed by atoms with Gasteiger partial charge in [-0.25, -0.2) is 14.4 Å². The number of rotatable bonds is 2. The van der Waals surface area contributed by atoms with Crippen LogP contribution < -0.4 is 9.80 Å². The number of hydrogen-bond acceptors (Lipinski definition) is 4. The van der Waals surface area contributed by atoms with Crippen molar-refractivity contribution in [1.29, 1.82) is 0 Å². The summed E-state index contributed by atoms with van der Waals surface area (Å²) in [6, 6.07) is 6.64. The molecule has 1 saturated heterocycles. The monoisotopic (exact) mass is 336 g/mol. The molecular weight excluding hydrogens is 323 g/mol. The van der Waals surface area contributed by atoms with Crippen molar-refractivity contribution in [3.05, 3.63) is 46.9 Å². The number of aromatic nitrogens is 2. The van der Waals surface area contributed by atoms with E-state index in [1.165, 1.54) is 12.1 Å². The highest BCUT2D eigenvalue weighted by atomic mass is 79.9. The summed E-state index contributed by atoms with van der Waals surface area (Å²) in [5.74, 6) is 0.558. The second-order valence-electron chi connectivity index (χ2n) is 4.65. The van der Waals surface area contributed by atoms with Crippen molar-refractivity contribution >= 4 is 27.6 Å². The molecule has 0 bridgehead atoms. The van der Waals surface area contributed by atoms with Crippen molar-refractivity contribution in [2.45, 2.75) is 0 Å². The van der Waals surface area contributed by atoms with Gasteiger partial charge in [-0.3, -0.25) is 0 Å². The van der Waals surface area contributed by atoms with Crippen molar-refractivity contribution in [2.75, 3.05) is 36.0 Å². The van der Waals surface area contributed by atoms with E-state index in [9.17, 15) is 4.39 Å². The minimum atomic E-state index is -0.198. The van der Waals surface area contributed by atoms with Gasteiger partial charge in [0, 0.05) is 44.3 Å². The summed E-state index contributed by atoms with van der Waals surface area (Å²) in [6.45, 7) is 3.48. The van der Waals surface area contributed by atoms with Crippen LogP contribution in [0, 0.1) is 5.82 Å². The number of halogens is 2. The Morgan fingerprint density at radius 3 is 2.05 bits per heavy atom. The van der Waals surface area contributed by atoms with Gasteiger partial charge in [0.25, 0.3) is 0 Å². The average Bonchev–Trinajstić information content (AvgIpc) is 2.49. The van der Waals surface area contributed by atoms with E-state index in [0.29, 0.717) is 0 Å². The second-order valence-corrected chi connectivity index (χ2v) is 5.57. The summed E-state index contributed by atoms with van der Waals surface area (Å²) in [7, 11) is 0.